The quantitative estimate of drug-likeness (QED) is 0.0836. The zero-order valence-electron chi connectivity index (χ0n) is 38.9. The number of ether oxygens (including phenoxy) is 2. The van der Waals surface area contributed by atoms with Crippen LogP contribution in [-0.2, 0) is 39.5 Å². The van der Waals surface area contributed by atoms with E-state index in [1.54, 1.807) is 56.3 Å². The number of aromatic amines is 2. The first-order valence-corrected chi connectivity index (χ1v) is 25.1. The number of carbonyl (C=O) groups is 4. The van der Waals surface area contributed by atoms with E-state index in [2.05, 4.69) is 27.5 Å². The topological polar surface area (TPSA) is 291 Å². The normalized spacial score (nSPS) is 26.6. The van der Waals surface area contributed by atoms with Gasteiger partial charge in [0.2, 0.25) is 22.6 Å². The molecular weight excluding hydrogens is 931 g/mol. The summed E-state index contributed by atoms with van der Waals surface area (Å²) in [4.78, 5) is 75.6. The fraction of sp³-hybridized carbons (Fsp3) is 0.327. The molecule has 4 heterocycles. The van der Waals surface area contributed by atoms with Gasteiger partial charge in [0.25, 0.3) is 23.4 Å². The van der Waals surface area contributed by atoms with Crippen molar-refractivity contribution in [1.29, 1.82) is 0 Å². The number of amides is 2. The maximum Gasteiger partial charge on any atom is 0.326 e. The fourth-order valence-corrected chi connectivity index (χ4v) is 13.2. The lowest BCUT2D eigenvalue weighted by atomic mass is 9.81. The van der Waals surface area contributed by atoms with E-state index in [9.17, 15) is 42.6 Å². The maximum absolute atomic E-state index is 14.6. The SMILES string of the molecule is Cc1cc(S(=O)(=O)CCC(c2ccc3c(c2)O[C@]2(O)c4cccc(N)c4C(=O)C32NC(=O)c2[nH]c(=O)n(C)c2C)C2CC2)[nH]c1C(=O)NC12C(=O)c3c(N)cccc3C1(O)Oc1cc(C3C[C@H]3C)ccc12. The number of Topliss-reactive ketones (excluding diaryl/α,β-unsaturated/α-hetero) is 2. The van der Waals surface area contributed by atoms with Crippen LogP contribution in [0.4, 0.5) is 11.4 Å². The van der Waals surface area contributed by atoms with Crippen LogP contribution in [0, 0.1) is 25.7 Å². The Morgan fingerprint density at radius 2 is 1.34 bits per heavy atom. The third kappa shape index (κ3) is 5.87. The van der Waals surface area contributed by atoms with Gasteiger partial charge in [-0.05, 0) is 110 Å². The van der Waals surface area contributed by atoms with Crippen LogP contribution in [-0.4, -0.2) is 62.3 Å². The Hall–Kier alpha value is -7.48. The highest BCUT2D eigenvalue weighted by molar-refractivity contribution is 7.91. The van der Waals surface area contributed by atoms with Crippen LogP contribution in [0.3, 0.4) is 0 Å². The highest BCUT2D eigenvalue weighted by Crippen LogP contribution is 2.62. The number of benzene rings is 4. The van der Waals surface area contributed by atoms with E-state index in [4.69, 9.17) is 20.9 Å². The molecule has 0 bridgehead atoms. The lowest BCUT2D eigenvalue weighted by Gasteiger charge is -2.34. The summed E-state index contributed by atoms with van der Waals surface area (Å²) < 4.78 is 42.4. The van der Waals surface area contributed by atoms with Crippen molar-refractivity contribution < 1.29 is 47.3 Å². The van der Waals surface area contributed by atoms with Gasteiger partial charge in [0.15, 0.2) is 9.84 Å². The maximum atomic E-state index is 14.6. The van der Waals surface area contributed by atoms with Gasteiger partial charge in [-0.1, -0.05) is 55.5 Å². The number of nitrogen functional groups attached to an aromatic ring is 2. The third-order valence-electron chi connectivity index (χ3n) is 16.0. The smallest absolute Gasteiger partial charge is 0.326 e. The second-order valence-corrected chi connectivity index (χ2v) is 22.2. The van der Waals surface area contributed by atoms with Gasteiger partial charge in [0.1, 0.15) is 27.9 Å². The van der Waals surface area contributed by atoms with Crippen LogP contribution in [0.2, 0.25) is 0 Å². The first-order valence-electron chi connectivity index (χ1n) is 23.5. The second-order valence-electron chi connectivity index (χ2n) is 20.1. The Kier molecular flexibility index (Phi) is 9.16. The van der Waals surface area contributed by atoms with Gasteiger partial charge in [-0.2, -0.15) is 0 Å². The standard InChI is InChI=1S/C52H49N7O11S/c1-23-19-30(23)28-14-16-32-38(22-28)70-51(65)33-7-5-9-35(53)40(33)44(60)49(32,51)57-46(62)42-24(2)20-39(55-42)71(67,68)18-17-29(26-11-12-26)27-13-15-31-37(21-27)69-52(66)34-8-6-10-36(54)41(34)45(61)50(31,52)58-47(63)43-25(3)59(4)48(64)56-43/h5-10,13-16,20-23,26,29-30,55,65-66H,11-12,17-19,53-54H2,1-4H3,(H,56,64)(H,57,62)(H,58,63)/t23-,29?,30?,49?,50?,51?,52-/m1/s1. The molecule has 2 amide bonds. The number of nitrogens with zero attached hydrogens (tertiary/aromatic N) is 1. The molecule has 2 saturated carbocycles. The number of carbonyl (C=O) groups excluding carboxylic acids is 4. The first-order chi connectivity index (χ1) is 33.7. The van der Waals surface area contributed by atoms with Crippen molar-refractivity contribution >= 4 is 44.6 Å². The van der Waals surface area contributed by atoms with E-state index in [-0.39, 0.29) is 108 Å². The molecule has 2 aliphatic heterocycles. The van der Waals surface area contributed by atoms with Crippen LogP contribution in [0.5, 0.6) is 11.5 Å². The van der Waals surface area contributed by atoms with E-state index in [1.165, 1.54) is 41.9 Å². The number of hydrogen-bond acceptors (Lipinski definition) is 13. The average molecular weight is 980 g/mol. The third-order valence-corrected chi connectivity index (χ3v) is 17.7. The van der Waals surface area contributed by atoms with E-state index in [0.29, 0.717) is 17.4 Å². The summed E-state index contributed by atoms with van der Waals surface area (Å²) in [5, 5.41) is 30.4. The van der Waals surface area contributed by atoms with Gasteiger partial charge in [0, 0.05) is 46.4 Å². The van der Waals surface area contributed by atoms with Crippen LogP contribution < -0.4 is 37.3 Å². The Bertz CT molecular complexity index is 3610. The fourth-order valence-electron chi connectivity index (χ4n) is 11.8. The highest BCUT2D eigenvalue weighted by Gasteiger charge is 2.74. The van der Waals surface area contributed by atoms with Gasteiger partial charge in [0.05, 0.1) is 16.9 Å². The summed E-state index contributed by atoms with van der Waals surface area (Å²) in [5.41, 5.74) is 10.3. The second kappa shape index (κ2) is 14.6. The lowest BCUT2D eigenvalue weighted by molar-refractivity contribution is -0.169. The summed E-state index contributed by atoms with van der Waals surface area (Å²) in [6.07, 6.45) is 2.75. The number of hydrogen-bond donors (Lipinski definition) is 8. The minimum atomic E-state index is -4.11. The van der Waals surface area contributed by atoms with E-state index < -0.39 is 61.6 Å². The van der Waals surface area contributed by atoms with Crippen molar-refractivity contribution in [3.8, 4) is 11.5 Å². The average Bonchev–Trinajstić information content (AvgIpc) is 4.16. The number of nitrogens with one attached hydrogen (secondary N) is 4. The van der Waals surface area contributed by atoms with Crippen molar-refractivity contribution in [2.75, 3.05) is 17.2 Å². The number of ketones is 2. The van der Waals surface area contributed by atoms with Crippen molar-refractivity contribution in [2.24, 2.45) is 18.9 Å². The Morgan fingerprint density at radius 1 is 0.789 bits per heavy atom. The molecule has 2 fully saturated rings. The molecule has 4 aliphatic carbocycles. The summed E-state index contributed by atoms with van der Waals surface area (Å²) in [6.45, 7) is 5.25. The van der Waals surface area contributed by atoms with Crippen LogP contribution >= 0.6 is 0 Å². The van der Waals surface area contributed by atoms with Gasteiger partial charge in [-0.15, -0.1) is 0 Å². The Balaban J connectivity index is 0.832. The number of fused-ring (bicyclic) bond motifs is 10. The van der Waals surface area contributed by atoms with Crippen molar-refractivity contribution in [2.45, 2.75) is 86.0 Å². The minimum absolute atomic E-state index is 0.0123. The molecule has 6 aromatic rings. The van der Waals surface area contributed by atoms with Crippen LogP contribution in [0.25, 0.3) is 0 Å². The van der Waals surface area contributed by atoms with Crippen molar-refractivity contribution in [3.05, 3.63) is 156 Å². The van der Waals surface area contributed by atoms with Gasteiger partial charge >= 0.3 is 5.69 Å². The largest absolute Gasteiger partial charge is 0.454 e. The zero-order valence-corrected chi connectivity index (χ0v) is 39.7. The molecule has 18 nitrogen and oxygen atoms in total. The predicted molar refractivity (Wildman–Crippen MR) is 256 cm³/mol. The van der Waals surface area contributed by atoms with Crippen LogP contribution in [0.15, 0.2) is 88.7 Å². The molecule has 364 valence electrons. The zero-order chi connectivity index (χ0) is 50.1. The van der Waals surface area contributed by atoms with E-state index >= 15 is 0 Å². The molecule has 0 radical (unpaired) electrons. The number of sulfone groups is 1. The number of aliphatic hydroxyl groups is 2. The van der Waals surface area contributed by atoms with Gasteiger partial charge in [-0.3, -0.25) is 23.7 Å². The molecule has 71 heavy (non-hydrogen) atoms. The summed E-state index contributed by atoms with van der Waals surface area (Å²) >= 11 is 0. The van der Waals surface area contributed by atoms with Crippen molar-refractivity contribution in [3.63, 3.8) is 0 Å². The van der Waals surface area contributed by atoms with Crippen molar-refractivity contribution in [1.82, 2.24) is 25.2 Å². The molecule has 10 N–H and O–H groups in total. The highest BCUT2D eigenvalue weighted by atomic mass is 32.2. The van der Waals surface area contributed by atoms with E-state index in [1.807, 2.05) is 6.07 Å². The minimum Gasteiger partial charge on any atom is -0.454 e. The van der Waals surface area contributed by atoms with E-state index in [0.717, 1.165) is 24.8 Å². The lowest BCUT2D eigenvalue weighted by Crippen LogP contribution is -2.60. The molecule has 6 aliphatic rings. The number of anilines is 2. The number of aromatic nitrogens is 3. The number of H-pyrrole nitrogens is 2. The Labute approximate surface area is 405 Å². The van der Waals surface area contributed by atoms with Gasteiger partial charge < -0.3 is 51.8 Å². The van der Waals surface area contributed by atoms with Gasteiger partial charge in [-0.25, -0.2) is 13.2 Å². The molecule has 5 unspecified atom stereocenters. The number of imidazole rings is 1. The Morgan fingerprint density at radius 3 is 1.87 bits per heavy atom. The predicted octanol–water partition coefficient (Wildman–Crippen LogP) is 4.42. The molecule has 0 spiro atoms. The molecule has 0 saturated heterocycles. The molecule has 7 atom stereocenters. The molecular formula is C52H49N7O11S. The number of nitrogens with two attached hydrogens (primary N) is 2. The molecule has 2 aromatic heterocycles. The molecule has 19 heteroatoms. The first kappa shape index (κ1) is 44.7. The number of rotatable bonds is 11. The molecule has 12 rings (SSSR count). The summed E-state index contributed by atoms with van der Waals surface area (Å²) in [5.74, 6) is -7.46. The summed E-state index contributed by atoms with van der Waals surface area (Å²) in [7, 11) is -2.63. The molecule has 4 aromatic carbocycles. The monoisotopic (exact) mass is 979 g/mol. The van der Waals surface area contributed by atoms with Crippen LogP contribution in [0.1, 0.15) is 131 Å². The number of aryl methyl sites for hydroxylation is 1. The summed E-state index contributed by atoms with van der Waals surface area (Å²) in [6, 6.07) is 20.8.